The van der Waals surface area contributed by atoms with E-state index in [1.807, 2.05) is 4.72 Å². The molecule has 1 N–H and O–H groups in total. The second-order valence-corrected chi connectivity index (χ2v) is 8.34. The zero-order valence-electron chi connectivity index (χ0n) is 11.6. The predicted molar refractivity (Wildman–Crippen MR) is 78.7 cm³/mol. The number of rotatable bonds is 4. The Morgan fingerprint density at radius 3 is 2.25 bits per heavy atom. The van der Waals surface area contributed by atoms with Crippen LogP contribution in [0.5, 0.6) is 0 Å². The van der Waals surface area contributed by atoms with E-state index < -0.39 is 28.3 Å². The van der Waals surface area contributed by atoms with Gasteiger partial charge in [-0.2, -0.15) is 0 Å². The smallest absolute Gasteiger partial charge is 0.293 e. The van der Waals surface area contributed by atoms with Gasteiger partial charge < -0.3 is 4.55 Å². The Morgan fingerprint density at radius 1 is 1.30 bits per heavy atom. The van der Waals surface area contributed by atoms with Crippen LogP contribution in [-0.2, 0) is 17.2 Å². The zero-order valence-corrected chi connectivity index (χ0v) is 14.0. The summed E-state index contributed by atoms with van der Waals surface area (Å²) in [6, 6.07) is 4.27. The van der Waals surface area contributed by atoms with E-state index in [0.717, 1.165) is 0 Å². The van der Waals surface area contributed by atoms with Gasteiger partial charge in [0.15, 0.2) is 0 Å². The second kappa shape index (κ2) is 6.25. The Kier molecular flexibility index (Phi) is 5.57. The Labute approximate surface area is 128 Å². The third-order valence-corrected chi connectivity index (χ3v) is 4.77. The molecule has 0 bridgehead atoms. The van der Waals surface area contributed by atoms with Crippen molar-refractivity contribution < 1.29 is 17.7 Å². The lowest BCUT2D eigenvalue weighted by atomic mass is 10.0. The maximum Gasteiger partial charge on any atom is 0.293 e. The van der Waals surface area contributed by atoms with Gasteiger partial charge in [0.25, 0.3) is 12.2 Å². The van der Waals surface area contributed by atoms with Gasteiger partial charge in [-0.25, -0.2) is 13.2 Å². The monoisotopic (exact) mass is 371 g/mol. The fourth-order valence-corrected chi connectivity index (χ4v) is 2.79. The number of hydrogen-bond donors (Lipinski definition) is 1. The summed E-state index contributed by atoms with van der Waals surface area (Å²) >= 11 is 1.23. The summed E-state index contributed by atoms with van der Waals surface area (Å²) in [5.41, 5.74) is 0.133. The SMILES string of the molecule is Cc1cc(Br)ccc1C(F)(N[S+]([O-])C(C)(C)C)C(F)F. The van der Waals surface area contributed by atoms with E-state index >= 15 is 0 Å². The number of nitrogens with one attached hydrogen (secondary N) is 1. The lowest BCUT2D eigenvalue weighted by molar-refractivity contribution is -0.0481. The van der Waals surface area contributed by atoms with Crippen LogP contribution in [0.4, 0.5) is 13.2 Å². The van der Waals surface area contributed by atoms with Crippen molar-refractivity contribution in [3.05, 3.63) is 33.8 Å². The summed E-state index contributed by atoms with van der Waals surface area (Å²) < 4.78 is 54.9. The Bertz CT molecular complexity index is 481. The van der Waals surface area contributed by atoms with Crippen LogP contribution in [0.2, 0.25) is 0 Å². The summed E-state index contributed by atoms with van der Waals surface area (Å²) in [6.07, 6.45) is -3.34. The van der Waals surface area contributed by atoms with Gasteiger partial charge in [0.1, 0.15) is 4.75 Å². The molecule has 0 saturated heterocycles. The number of aryl methyl sites for hydroxylation is 1. The Balaban J connectivity index is 3.22. The summed E-state index contributed by atoms with van der Waals surface area (Å²) in [7, 11) is 0. The molecule has 0 fully saturated rings. The van der Waals surface area contributed by atoms with E-state index in [0.29, 0.717) is 10.0 Å². The molecule has 0 aromatic heterocycles. The fourth-order valence-electron chi connectivity index (χ4n) is 1.54. The van der Waals surface area contributed by atoms with Crippen molar-refractivity contribution in [3.8, 4) is 0 Å². The van der Waals surface area contributed by atoms with Crippen LogP contribution in [0, 0.1) is 6.92 Å². The summed E-state index contributed by atoms with van der Waals surface area (Å²) in [6.45, 7) is 6.27. The lowest BCUT2D eigenvalue weighted by Gasteiger charge is -2.32. The van der Waals surface area contributed by atoms with Crippen LogP contribution in [0.1, 0.15) is 31.9 Å². The number of alkyl halides is 3. The van der Waals surface area contributed by atoms with Crippen LogP contribution in [0.25, 0.3) is 0 Å². The molecule has 114 valence electrons. The van der Waals surface area contributed by atoms with Crippen LogP contribution in [-0.4, -0.2) is 15.7 Å². The number of halogens is 4. The molecule has 1 aromatic carbocycles. The number of benzene rings is 1. The van der Waals surface area contributed by atoms with Crippen molar-refractivity contribution in [1.82, 2.24) is 4.72 Å². The van der Waals surface area contributed by atoms with Crippen molar-refractivity contribution in [2.24, 2.45) is 0 Å². The van der Waals surface area contributed by atoms with Gasteiger partial charge in [-0.15, -0.1) is 0 Å². The van der Waals surface area contributed by atoms with Gasteiger partial charge in [-0.3, -0.25) is 0 Å². The molecule has 2 atom stereocenters. The summed E-state index contributed by atoms with van der Waals surface area (Å²) in [5, 5.41) is 0. The highest BCUT2D eigenvalue weighted by atomic mass is 79.9. The first-order chi connectivity index (χ1) is 8.98. The molecular formula is C13H17BrF3NOS. The molecule has 20 heavy (non-hydrogen) atoms. The maximum atomic E-state index is 14.8. The predicted octanol–water partition coefficient (Wildman–Crippen LogP) is 4.20. The van der Waals surface area contributed by atoms with Gasteiger partial charge >= 0.3 is 0 Å². The largest absolute Gasteiger partial charge is 0.598 e. The third kappa shape index (κ3) is 3.90. The van der Waals surface area contributed by atoms with E-state index in [1.54, 1.807) is 20.8 Å². The quantitative estimate of drug-likeness (QED) is 0.635. The average Bonchev–Trinajstić information content (AvgIpc) is 2.26. The van der Waals surface area contributed by atoms with Crippen LogP contribution >= 0.6 is 15.9 Å². The van der Waals surface area contributed by atoms with Gasteiger partial charge in [0.05, 0.1) is 0 Å². The molecule has 0 spiro atoms. The Morgan fingerprint density at radius 2 is 1.85 bits per heavy atom. The van der Waals surface area contributed by atoms with Gasteiger partial charge in [0, 0.05) is 21.4 Å². The van der Waals surface area contributed by atoms with Crippen molar-refractivity contribution in [2.45, 2.75) is 44.7 Å². The minimum atomic E-state index is -3.34. The van der Waals surface area contributed by atoms with E-state index in [4.69, 9.17) is 0 Å². The van der Waals surface area contributed by atoms with Crippen molar-refractivity contribution >= 4 is 27.3 Å². The van der Waals surface area contributed by atoms with Crippen LogP contribution in [0.3, 0.4) is 0 Å². The number of hydrogen-bond acceptors (Lipinski definition) is 2. The molecule has 1 aromatic rings. The highest BCUT2D eigenvalue weighted by Crippen LogP contribution is 2.35. The standard InChI is InChI=1S/C13H17BrF3NOS/c1-8-7-9(14)5-6-10(8)13(17,11(15)16)18-20(19)12(2,3)4/h5-7,11,18H,1-4H3. The molecule has 0 saturated carbocycles. The van der Waals surface area contributed by atoms with Gasteiger partial charge in [-0.05, 0) is 45.4 Å². The first kappa shape index (κ1) is 17.8. The van der Waals surface area contributed by atoms with Crippen molar-refractivity contribution in [2.75, 3.05) is 0 Å². The van der Waals surface area contributed by atoms with E-state index in [-0.39, 0.29) is 5.56 Å². The van der Waals surface area contributed by atoms with Crippen LogP contribution in [0.15, 0.2) is 22.7 Å². The third-order valence-electron chi connectivity index (χ3n) is 2.68. The molecule has 1 rings (SSSR count). The zero-order chi connectivity index (χ0) is 15.7. The summed E-state index contributed by atoms with van der Waals surface area (Å²) in [5.74, 6) is -3.15. The molecule has 2 nitrogen and oxygen atoms in total. The minimum Gasteiger partial charge on any atom is -0.598 e. The van der Waals surface area contributed by atoms with E-state index in [9.17, 15) is 17.7 Å². The Hall–Kier alpha value is -0.240. The fraction of sp³-hybridized carbons (Fsp3) is 0.538. The average molecular weight is 372 g/mol. The highest BCUT2D eigenvalue weighted by Gasteiger charge is 2.49. The van der Waals surface area contributed by atoms with Crippen molar-refractivity contribution in [1.29, 1.82) is 0 Å². The minimum absolute atomic E-state index is 0.215. The van der Waals surface area contributed by atoms with Crippen LogP contribution < -0.4 is 4.72 Å². The van der Waals surface area contributed by atoms with E-state index in [1.165, 1.54) is 25.1 Å². The molecule has 0 aliphatic rings. The topological polar surface area (TPSA) is 35.1 Å². The normalized spacial score (nSPS) is 17.1. The van der Waals surface area contributed by atoms with Gasteiger partial charge in [-0.1, -0.05) is 26.7 Å². The molecule has 2 unspecified atom stereocenters. The highest BCUT2D eigenvalue weighted by molar-refractivity contribution is 9.10. The lowest BCUT2D eigenvalue weighted by Crippen LogP contribution is -2.53. The van der Waals surface area contributed by atoms with Crippen molar-refractivity contribution in [3.63, 3.8) is 0 Å². The molecule has 0 aliphatic heterocycles. The molecule has 0 radical (unpaired) electrons. The van der Waals surface area contributed by atoms with E-state index in [2.05, 4.69) is 15.9 Å². The molecule has 0 aliphatic carbocycles. The molecule has 0 heterocycles. The molecular weight excluding hydrogens is 355 g/mol. The molecule has 0 amide bonds. The molecule has 7 heteroatoms. The summed E-state index contributed by atoms with van der Waals surface area (Å²) in [4.78, 5) is 0. The first-order valence-corrected chi connectivity index (χ1v) is 7.86. The second-order valence-electron chi connectivity index (χ2n) is 5.45. The maximum absolute atomic E-state index is 14.8. The van der Waals surface area contributed by atoms with Gasteiger partial charge in [0.2, 0.25) is 0 Å². The first-order valence-electron chi connectivity index (χ1n) is 5.92.